The average Bonchev–Trinajstić information content (AvgIpc) is 3.06. The maximum absolute atomic E-state index is 5.35. The molecule has 0 aliphatic rings. The Morgan fingerprint density at radius 2 is 1.86 bits per heavy atom. The van der Waals surface area contributed by atoms with Gasteiger partial charge >= 0.3 is 0 Å². The van der Waals surface area contributed by atoms with Crippen LogP contribution in [0.2, 0.25) is 0 Å². The Morgan fingerprint density at radius 3 is 2.48 bits per heavy atom. The van der Waals surface area contributed by atoms with Crippen LogP contribution in [0.15, 0.2) is 30.9 Å². The van der Waals surface area contributed by atoms with Crippen molar-refractivity contribution in [3.05, 3.63) is 36.5 Å². The summed E-state index contributed by atoms with van der Waals surface area (Å²) in [7, 11) is 3.23. The molecule has 0 amide bonds. The van der Waals surface area contributed by atoms with Gasteiger partial charge in [0.1, 0.15) is 6.33 Å². The maximum Gasteiger partial charge on any atom is 0.235 e. The molecule has 108 valence electrons. The Bertz CT molecular complexity index is 769. The molecule has 1 aromatic carbocycles. The van der Waals surface area contributed by atoms with Crippen molar-refractivity contribution in [3.63, 3.8) is 0 Å². The molecule has 21 heavy (non-hydrogen) atoms. The largest absolute Gasteiger partial charge is 0.493 e. The zero-order valence-corrected chi connectivity index (χ0v) is 12.2. The van der Waals surface area contributed by atoms with E-state index < -0.39 is 0 Å². The minimum atomic E-state index is 0.601. The SMILES string of the molecule is CCc1nc(-n2ccnc2)nc2cc(OC)c(OC)cc12. The van der Waals surface area contributed by atoms with Crippen molar-refractivity contribution in [2.45, 2.75) is 13.3 Å². The van der Waals surface area contributed by atoms with Crippen LogP contribution < -0.4 is 9.47 Å². The number of imidazole rings is 1. The lowest BCUT2D eigenvalue weighted by Crippen LogP contribution is -2.03. The van der Waals surface area contributed by atoms with Crippen molar-refractivity contribution >= 4 is 10.9 Å². The third-order valence-electron chi connectivity index (χ3n) is 3.34. The van der Waals surface area contributed by atoms with Gasteiger partial charge in [0.2, 0.25) is 5.95 Å². The van der Waals surface area contributed by atoms with E-state index in [9.17, 15) is 0 Å². The molecule has 3 aromatic rings. The highest BCUT2D eigenvalue weighted by Gasteiger charge is 2.12. The molecule has 0 spiro atoms. The normalized spacial score (nSPS) is 10.8. The number of aromatic nitrogens is 4. The van der Waals surface area contributed by atoms with E-state index >= 15 is 0 Å². The summed E-state index contributed by atoms with van der Waals surface area (Å²) in [6.45, 7) is 2.07. The molecule has 0 bridgehead atoms. The van der Waals surface area contributed by atoms with Crippen LogP contribution >= 0.6 is 0 Å². The van der Waals surface area contributed by atoms with Crippen LogP contribution in [0.5, 0.6) is 11.5 Å². The Balaban J connectivity index is 2.28. The standard InChI is InChI=1S/C15H16N4O2/c1-4-11-10-7-13(20-2)14(21-3)8-12(10)18-15(17-11)19-6-5-16-9-19/h5-9H,4H2,1-3H3. The number of methoxy groups -OCH3 is 2. The first-order valence-electron chi connectivity index (χ1n) is 6.67. The van der Waals surface area contributed by atoms with Crippen LogP contribution in [0.4, 0.5) is 0 Å². The van der Waals surface area contributed by atoms with Crippen molar-refractivity contribution in [3.8, 4) is 17.4 Å². The van der Waals surface area contributed by atoms with Crippen LogP contribution in [-0.4, -0.2) is 33.7 Å². The van der Waals surface area contributed by atoms with Crippen LogP contribution in [0.3, 0.4) is 0 Å². The summed E-state index contributed by atoms with van der Waals surface area (Å²) in [4.78, 5) is 13.2. The number of aryl methyl sites for hydroxylation is 1. The molecule has 0 aliphatic heterocycles. The van der Waals surface area contributed by atoms with Gasteiger partial charge < -0.3 is 9.47 Å². The Kier molecular flexibility index (Phi) is 3.43. The van der Waals surface area contributed by atoms with Gasteiger partial charge in [-0.15, -0.1) is 0 Å². The van der Waals surface area contributed by atoms with Gasteiger partial charge in [-0.25, -0.2) is 15.0 Å². The van der Waals surface area contributed by atoms with Crippen LogP contribution in [-0.2, 0) is 6.42 Å². The Morgan fingerprint density at radius 1 is 1.10 bits per heavy atom. The molecular formula is C15H16N4O2. The number of hydrogen-bond donors (Lipinski definition) is 0. The lowest BCUT2D eigenvalue weighted by atomic mass is 10.1. The summed E-state index contributed by atoms with van der Waals surface area (Å²) in [5, 5.41) is 0.971. The molecule has 2 aromatic heterocycles. The third kappa shape index (κ3) is 2.29. The molecule has 0 fully saturated rings. The Hall–Kier alpha value is -2.63. The van der Waals surface area contributed by atoms with Gasteiger partial charge in [0.25, 0.3) is 0 Å². The highest BCUT2D eigenvalue weighted by atomic mass is 16.5. The van der Waals surface area contributed by atoms with E-state index in [0.29, 0.717) is 17.4 Å². The van der Waals surface area contributed by atoms with E-state index in [4.69, 9.17) is 9.47 Å². The number of rotatable bonds is 4. The predicted molar refractivity (Wildman–Crippen MR) is 79.1 cm³/mol. The minimum Gasteiger partial charge on any atom is -0.493 e. The summed E-state index contributed by atoms with van der Waals surface area (Å²) in [5.74, 6) is 1.94. The van der Waals surface area contributed by atoms with Gasteiger partial charge in [-0.1, -0.05) is 6.92 Å². The van der Waals surface area contributed by atoms with Gasteiger partial charge in [-0.3, -0.25) is 4.57 Å². The first-order chi connectivity index (χ1) is 10.3. The maximum atomic E-state index is 5.35. The van der Waals surface area contributed by atoms with E-state index in [0.717, 1.165) is 23.0 Å². The molecule has 6 nitrogen and oxygen atoms in total. The lowest BCUT2D eigenvalue weighted by molar-refractivity contribution is 0.355. The molecule has 6 heteroatoms. The molecule has 2 heterocycles. The van der Waals surface area contributed by atoms with E-state index in [1.807, 2.05) is 18.3 Å². The van der Waals surface area contributed by atoms with Crippen molar-refractivity contribution in [1.29, 1.82) is 0 Å². The smallest absolute Gasteiger partial charge is 0.235 e. The average molecular weight is 284 g/mol. The molecular weight excluding hydrogens is 268 g/mol. The Labute approximate surface area is 122 Å². The van der Waals surface area contributed by atoms with E-state index in [1.165, 1.54) is 0 Å². The van der Waals surface area contributed by atoms with E-state index in [-0.39, 0.29) is 0 Å². The second-order valence-electron chi connectivity index (χ2n) is 4.52. The van der Waals surface area contributed by atoms with Crippen molar-refractivity contribution in [2.75, 3.05) is 14.2 Å². The third-order valence-corrected chi connectivity index (χ3v) is 3.34. The van der Waals surface area contributed by atoms with Gasteiger partial charge in [-0.2, -0.15) is 0 Å². The molecule has 0 saturated carbocycles. The number of hydrogen-bond acceptors (Lipinski definition) is 5. The number of nitrogens with zero attached hydrogens (tertiary/aromatic N) is 4. The predicted octanol–water partition coefficient (Wildman–Crippen LogP) is 2.40. The molecule has 0 saturated heterocycles. The quantitative estimate of drug-likeness (QED) is 0.736. The van der Waals surface area contributed by atoms with Gasteiger partial charge in [0.05, 0.1) is 25.4 Å². The molecule has 0 aliphatic carbocycles. The monoisotopic (exact) mass is 284 g/mol. The summed E-state index contributed by atoms with van der Waals surface area (Å²) in [6.07, 6.45) is 6.01. The fraction of sp³-hybridized carbons (Fsp3) is 0.267. The zero-order chi connectivity index (χ0) is 14.8. The van der Waals surface area contributed by atoms with Crippen molar-refractivity contribution in [1.82, 2.24) is 19.5 Å². The molecule has 0 unspecified atom stereocenters. The van der Waals surface area contributed by atoms with Crippen LogP contribution in [0.25, 0.3) is 16.9 Å². The lowest BCUT2D eigenvalue weighted by Gasteiger charge is -2.12. The van der Waals surface area contributed by atoms with Gasteiger partial charge in [0, 0.05) is 23.8 Å². The first kappa shape index (κ1) is 13.4. The highest BCUT2D eigenvalue weighted by Crippen LogP contribution is 2.32. The fourth-order valence-electron chi connectivity index (χ4n) is 2.27. The van der Waals surface area contributed by atoms with Crippen LogP contribution in [0.1, 0.15) is 12.6 Å². The second kappa shape index (κ2) is 5.40. The number of ether oxygens (including phenoxy) is 2. The number of benzene rings is 1. The summed E-state index contributed by atoms with van der Waals surface area (Å²) in [6, 6.07) is 3.79. The van der Waals surface area contributed by atoms with Gasteiger partial charge in [-0.05, 0) is 12.5 Å². The molecule has 0 radical (unpaired) electrons. The molecule has 3 rings (SSSR count). The van der Waals surface area contributed by atoms with Crippen molar-refractivity contribution < 1.29 is 9.47 Å². The van der Waals surface area contributed by atoms with Crippen molar-refractivity contribution in [2.24, 2.45) is 0 Å². The summed E-state index contributed by atoms with van der Waals surface area (Å²) >= 11 is 0. The second-order valence-corrected chi connectivity index (χ2v) is 4.52. The molecule has 0 N–H and O–H groups in total. The summed E-state index contributed by atoms with van der Waals surface area (Å²) in [5.41, 5.74) is 1.79. The van der Waals surface area contributed by atoms with Gasteiger partial charge in [0.15, 0.2) is 11.5 Å². The zero-order valence-electron chi connectivity index (χ0n) is 12.2. The van der Waals surface area contributed by atoms with Crippen LogP contribution in [0, 0.1) is 0 Å². The minimum absolute atomic E-state index is 0.601. The summed E-state index contributed by atoms with van der Waals surface area (Å²) < 4.78 is 12.5. The van der Waals surface area contributed by atoms with E-state index in [1.54, 1.807) is 31.3 Å². The molecule has 0 atom stereocenters. The van der Waals surface area contributed by atoms with E-state index in [2.05, 4.69) is 21.9 Å². The first-order valence-corrected chi connectivity index (χ1v) is 6.67. The highest BCUT2D eigenvalue weighted by molar-refractivity contribution is 5.85. The topological polar surface area (TPSA) is 62.1 Å². The fourth-order valence-corrected chi connectivity index (χ4v) is 2.27. The number of fused-ring (bicyclic) bond motifs is 1.